The highest BCUT2D eigenvalue weighted by Crippen LogP contribution is 2.25. The van der Waals surface area contributed by atoms with Crippen LogP contribution in [0.15, 0.2) is 41.5 Å². The number of allylic oxidation sites excluding steroid dienone is 1. The Bertz CT molecular complexity index is 378. The van der Waals surface area contributed by atoms with Gasteiger partial charge in [0, 0.05) is 12.1 Å². The number of aryl methyl sites for hydroxylation is 1. The summed E-state index contributed by atoms with van der Waals surface area (Å²) in [5.74, 6) is 0. The molecule has 0 saturated heterocycles. The number of benzene rings is 1. The van der Waals surface area contributed by atoms with E-state index in [9.17, 15) is 0 Å². The third-order valence-electron chi connectivity index (χ3n) is 2.44. The lowest BCUT2D eigenvalue weighted by molar-refractivity contribution is 0.988. The minimum absolute atomic E-state index is 0.880. The summed E-state index contributed by atoms with van der Waals surface area (Å²) in [6, 6.07) is 8.32. The first kappa shape index (κ1) is 9.00. The molecule has 0 aromatic heterocycles. The monoisotopic (exact) mass is 186 g/mol. The van der Waals surface area contributed by atoms with Gasteiger partial charge in [-0.25, -0.2) is 0 Å². The molecule has 0 fully saturated rings. The van der Waals surface area contributed by atoms with Crippen LogP contribution in [0, 0.1) is 0 Å². The molecule has 1 aromatic carbocycles. The highest BCUT2D eigenvalue weighted by Gasteiger charge is 2.09. The van der Waals surface area contributed by atoms with Gasteiger partial charge in [0.15, 0.2) is 0 Å². The van der Waals surface area contributed by atoms with Crippen LogP contribution < -0.4 is 5.73 Å². The van der Waals surface area contributed by atoms with Crippen molar-refractivity contribution in [3.05, 3.63) is 42.1 Å². The van der Waals surface area contributed by atoms with Gasteiger partial charge in [0.05, 0.1) is 5.69 Å². The maximum Gasteiger partial charge on any atom is 0.0661 e. The van der Waals surface area contributed by atoms with E-state index in [1.165, 1.54) is 11.3 Å². The molecule has 0 atom stereocenters. The van der Waals surface area contributed by atoms with Crippen molar-refractivity contribution in [1.82, 2.24) is 0 Å². The molecule has 0 aliphatic carbocycles. The lowest BCUT2D eigenvalue weighted by Crippen LogP contribution is -2.04. The van der Waals surface area contributed by atoms with Crippen LogP contribution in [0.5, 0.6) is 0 Å². The predicted molar refractivity (Wildman–Crippen MR) is 59.8 cm³/mol. The molecule has 2 nitrogen and oxygen atoms in total. The van der Waals surface area contributed by atoms with Gasteiger partial charge in [0.2, 0.25) is 0 Å². The predicted octanol–water partition coefficient (Wildman–Crippen LogP) is 2.57. The maximum absolute atomic E-state index is 5.30. The van der Waals surface area contributed by atoms with Crippen molar-refractivity contribution >= 4 is 11.4 Å². The van der Waals surface area contributed by atoms with E-state index in [1.807, 2.05) is 12.1 Å². The van der Waals surface area contributed by atoms with E-state index >= 15 is 0 Å². The zero-order valence-electron chi connectivity index (χ0n) is 8.11. The molecule has 0 spiro atoms. The van der Waals surface area contributed by atoms with Crippen LogP contribution in [0.1, 0.15) is 18.4 Å². The highest BCUT2D eigenvalue weighted by molar-refractivity contribution is 5.90. The molecule has 1 heterocycles. The van der Waals surface area contributed by atoms with Crippen molar-refractivity contribution < 1.29 is 0 Å². The molecule has 0 bridgehead atoms. The zero-order chi connectivity index (χ0) is 9.80. The Labute approximate surface area is 84.2 Å². The molecular formula is C12H14N2. The minimum atomic E-state index is 0.880. The Morgan fingerprint density at radius 3 is 3.00 bits per heavy atom. The van der Waals surface area contributed by atoms with E-state index in [1.54, 1.807) is 6.20 Å². The number of para-hydroxylation sites is 1. The van der Waals surface area contributed by atoms with Crippen LogP contribution in [0.25, 0.3) is 0 Å². The first-order valence-corrected chi connectivity index (χ1v) is 4.91. The average molecular weight is 186 g/mol. The average Bonchev–Trinajstić information content (AvgIpc) is 2.26. The van der Waals surface area contributed by atoms with Gasteiger partial charge in [0.1, 0.15) is 0 Å². The van der Waals surface area contributed by atoms with Crippen LogP contribution in [-0.4, -0.2) is 5.71 Å². The fourth-order valence-electron chi connectivity index (χ4n) is 1.69. The van der Waals surface area contributed by atoms with Crippen molar-refractivity contribution in [2.45, 2.75) is 19.3 Å². The minimum Gasteiger partial charge on any atom is -0.405 e. The number of hydrogen-bond acceptors (Lipinski definition) is 2. The standard InChI is InChI=1S/C12H14N2/c13-9-3-5-11-8-7-10-4-1-2-6-12(10)14-11/h1-4,6,9H,5,7-8,13H2. The number of fused-ring (bicyclic) bond motifs is 1. The van der Waals surface area contributed by atoms with Gasteiger partial charge >= 0.3 is 0 Å². The largest absolute Gasteiger partial charge is 0.405 e. The van der Waals surface area contributed by atoms with E-state index in [-0.39, 0.29) is 0 Å². The smallest absolute Gasteiger partial charge is 0.0661 e. The van der Waals surface area contributed by atoms with Gasteiger partial charge < -0.3 is 5.73 Å². The summed E-state index contributed by atoms with van der Waals surface area (Å²) in [4.78, 5) is 4.59. The molecule has 2 rings (SSSR count). The van der Waals surface area contributed by atoms with Gasteiger partial charge in [0.25, 0.3) is 0 Å². The molecule has 72 valence electrons. The van der Waals surface area contributed by atoms with Crippen molar-refractivity contribution in [2.24, 2.45) is 10.7 Å². The van der Waals surface area contributed by atoms with E-state index in [4.69, 9.17) is 5.73 Å². The topological polar surface area (TPSA) is 38.4 Å². The van der Waals surface area contributed by atoms with Gasteiger partial charge in [-0.1, -0.05) is 24.3 Å². The highest BCUT2D eigenvalue weighted by atomic mass is 14.8. The fraction of sp³-hybridized carbons (Fsp3) is 0.250. The Morgan fingerprint density at radius 1 is 1.29 bits per heavy atom. The number of hydrogen-bond donors (Lipinski definition) is 1. The molecule has 0 saturated carbocycles. The van der Waals surface area contributed by atoms with Gasteiger partial charge in [-0.05, 0) is 30.7 Å². The first-order chi connectivity index (χ1) is 6.90. The third-order valence-corrected chi connectivity index (χ3v) is 2.44. The van der Waals surface area contributed by atoms with Crippen LogP contribution in [0.2, 0.25) is 0 Å². The van der Waals surface area contributed by atoms with Crippen LogP contribution >= 0.6 is 0 Å². The summed E-state index contributed by atoms with van der Waals surface area (Å²) < 4.78 is 0. The van der Waals surface area contributed by atoms with E-state index in [0.717, 1.165) is 24.9 Å². The first-order valence-electron chi connectivity index (χ1n) is 4.91. The second kappa shape index (κ2) is 4.09. The molecule has 1 aliphatic heterocycles. The molecule has 2 heteroatoms. The molecule has 1 aliphatic rings. The second-order valence-corrected chi connectivity index (χ2v) is 3.44. The summed E-state index contributed by atoms with van der Waals surface area (Å²) in [7, 11) is 0. The summed E-state index contributed by atoms with van der Waals surface area (Å²) in [5, 5.41) is 0. The Kier molecular flexibility index (Phi) is 2.63. The number of rotatable bonds is 2. The Morgan fingerprint density at radius 2 is 2.14 bits per heavy atom. The normalized spacial score (nSPS) is 15.3. The summed E-state index contributed by atoms with van der Waals surface area (Å²) >= 11 is 0. The number of aliphatic imine (C=N–C) groups is 1. The molecule has 0 unspecified atom stereocenters. The summed E-state index contributed by atoms with van der Waals surface area (Å²) in [6.07, 6.45) is 6.58. The van der Waals surface area contributed by atoms with Gasteiger partial charge in [-0.2, -0.15) is 0 Å². The number of nitrogens with two attached hydrogens (primary N) is 1. The van der Waals surface area contributed by atoms with Crippen molar-refractivity contribution in [3.8, 4) is 0 Å². The zero-order valence-corrected chi connectivity index (χ0v) is 8.11. The summed E-state index contributed by atoms with van der Waals surface area (Å²) in [5.41, 5.74) is 9.01. The molecule has 14 heavy (non-hydrogen) atoms. The van der Waals surface area contributed by atoms with Crippen LogP contribution in [0.4, 0.5) is 5.69 Å². The quantitative estimate of drug-likeness (QED) is 0.757. The van der Waals surface area contributed by atoms with Crippen molar-refractivity contribution in [3.63, 3.8) is 0 Å². The fourth-order valence-corrected chi connectivity index (χ4v) is 1.69. The third kappa shape index (κ3) is 1.84. The molecule has 1 aromatic rings. The van der Waals surface area contributed by atoms with Gasteiger partial charge in [-0.15, -0.1) is 0 Å². The maximum atomic E-state index is 5.30. The van der Waals surface area contributed by atoms with E-state index in [2.05, 4.69) is 23.2 Å². The van der Waals surface area contributed by atoms with E-state index in [0.29, 0.717) is 0 Å². The van der Waals surface area contributed by atoms with Crippen LogP contribution in [-0.2, 0) is 6.42 Å². The molecular weight excluding hydrogens is 172 g/mol. The number of nitrogens with zero attached hydrogens (tertiary/aromatic N) is 1. The Balaban J connectivity index is 2.22. The summed E-state index contributed by atoms with van der Waals surface area (Å²) in [6.45, 7) is 0. The van der Waals surface area contributed by atoms with Crippen molar-refractivity contribution in [1.29, 1.82) is 0 Å². The molecule has 0 radical (unpaired) electrons. The second-order valence-electron chi connectivity index (χ2n) is 3.44. The molecule has 0 amide bonds. The lowest BCUT2D eigenvalue weighted by atomic mass is 10.0. The van der Waals surface area contributed by atoms with E-state index < -0.39 is 0 Å². The Hall–Kier alpha value is -1.57. The molecule has 2 N–H and O–H groups in total. The SMILES string of the molecule is NC=CCC1=Nc2ccccc2CC1. The lowest BCUT2D eigenvalue weighted by Gasteiger charge is -2.13. The van der Waals surface area contributed by atoms with Crippen LogP contribution in [0.3, 0.4) is 0 Å². The van der Waals surface area contributed by atoms with Crippen molar-refractivity contribution in [2.75, 3.05) is 0 Å². The van der Waals surface area contributed by atoms with Gasteiger partial charge in [-0.3, -0.25) is 4.99 Å².